The molecular formula is C22H24Cl2N2O. The Bertz CT molecular complexity index is 835. The Balaban J connectivity index is 1.30. The first-order valence-electron chi connectivity index (χ1n) is 9.82. The average molecular weight is 403 g/mol. The molecule has 5 heteroatoms. The van der Waals surface area contributed by atoms with Gasteiger partial charge in [-0.2, -0.15) is 0 Å². The van der Waals surface area contributed by atoms with E-state index >= 15 is 0 Å². The van der Waals surface area contributed by atoms with E-state index in [0.717, 1.165) is 25.4 Å². The highest BCUT2D eigenvalue weighted by Crippen LogP contribution is 2.62. The summed E-state index contributed by atoms with van der Waals surface area (Å²) in [4.78, 5) is 2.49. The smallest absolute Gasteiger partial charge is 0.120 e. The Morgan fingerprint density at radius 2 is 1.81 bits per heavy atom. The van der Waals surface area contributed by atoms with E-state index in [-0.39, 0.29) is 5.41 Å². The summed E-state index contributed by atoms with van der Waals surface area (Å²) < 4.78 is 6.07. The molecule has 0 radical (unpaired) electrons. The van der Waals surface area contributed by atoms with Gasteiger partial charge in [0.05, 0.1) is 16.7 Å². The molecule has 2 heterocycles. The topological polar surface area (TPSA) is 24.5 Å². The molecule has 3 fully saturated rings. The van der Waals surface area contributed by atoms with Crippen molar-refractivity contribution in [1.29, 1.82) is 0 Å². The van der Waals surface area contributed by atoms with Crippen LogP contribution < -0.4 is 15.0 Å². The summed E-state index contributed by atoms with van der Waals surface area (Å²) in [5, 5.41) is 4.67. The molecule has 0 bridgehead atoms. The van der Waals surface area contributed by atoms with Crippen molar-refractivity contribution in [3.05, 3.63) is 58.1 Å². The summed E-state index contributed by atoms with van der Waals surface area (Å²) in [7, 11) is 0. The largest absolute Gasteiger partial charge is 0.493 e. The number of fused-ring (bicyclic) bond motifs is 1. The molecule has 3 atom stereocenters. The minimum atomic E-state index is 0.222. The predicted molar refractivity (Wildman–Crippen MR) is 111 cm³/mol. The molecule has 3 unspecified atom stereocenters. The fraction of sp³-hybridized carbons (Fsp3) is 0.455. The summed E-state index contributed by atoms with van der Waals surface area (Å²) in [5.41, 5.74) is 3.03. The number of piperidine rings is 1. The third-order valence-electron chi connectivity index (χ3n) is 6.68. The Hall–Kier alpha value is -1.42. The van der Waals surface area contributed by atoms with Gasteiger partial charge in [0.2, 0.25) is 0 Å². The minimum absolute atomic E-state index is 0.222. The van der Waals surface area contributed by atoms with Crippen molar-refractivity contribution in [2.24, 2.45) is 11.8 Å². The van der Waals surface area contributed by atoms with E-state index in [1.807, 2.05) is 6.07 Å². The molecule has 2 aromatic carbocycles. The zero-order valence-corrected chi connectivity index (χ0v) is 16.8. The Labute approximate surface area is 170 Å². The van der Waals surface area contributed by atoms with Crippen LogP contribution in [-0.4, -0.2) is 32.8 Å². The standard InChI is InChI=1S/C22H24Cl2N2O/c23-20-8-7-17(11-21(20)24)27-13-19-18-12-25-14-22(18,19)15-3-5-16(6-4-15)26-9-1-2-10-26/h3-8,11,18-19,25H,1-2,9-10,12-14H2. The van der Waals surface area contributed by atoms with Gasteiger partial charge in [-0.15, -0.1) is 0 Å². The molecule has 5 rings (SSSR count). The third kappa shape index (κ3) is 3.00. The number of rotatable bonds is 5. The minimum Gasteiger partial charge on any atom is -0.493 e. The Morgan fingerprint density at radius 1 is 1.04 bits per heavy atom. The lowest BCUT2D eigenvalue weighted by Gasteiger charge is -2.20. The second kappa shape index (κ2) is 6.88. The van der Waals surface area contributed by atoms with Crippen molar-refractivity contribution in [2.75, 3.05) is 37.7 Å². The number of nitrogens with zero attached hydrogens (tertiary/aromatic N) is 1. The lowest BCUT2D eigenvalue weighted by atomic mass is 9.92. The molecule has 3 aliphatic rings. The van der Waals surface area contributed by atoms with E-state index in [1.54, 1.807) is 12.1 Å². The average Bonchev–Trinajstić information content (AvgIpc) is 3.11. The molecule has 142 valence electrons. The highest BCUT2D eigenvalue weighted by molar-refractivity contribution is 6.42. The van der Waals surface area contributed by atoms with E-state index in [4.69, 9.17) is 27.9 Å². The highest BCUT2D eigenvalue weighted by atomic mass is 35.5. The lowest BCUT2D eigenvalue weighted by Crippen LogP contribution is -2.26. The molecule has 1 aliphatic carbocycles. The van der Waals surface area contributed by atoms with E-state index < -0.39 is 0 Å². The van der Waals surface area contributed by atoms with Gasteiger partial charge in [0.1, 0.15) is 5.75 Å². The molecule has 27 heavy (non-hydrogen) atoms. The summed E-state index contributed by atoms with van der Waals surface area (Å²) in [5.74, 6) is 1.99. The summed E-state index contributed by atoms with van der Waals surface area (Å²) >= 11 is 12.1. The molecule has 2 saturated heterocycles. The van der Waals surface area contributed by atoms with E-state index in [9.17, 15) is 0 Å². The molecule has 0 aromatic heterocycles. The number of benzene rings is 2. The number of nitrogens with one attached hydrogen (secondary N) is 1. The van der Waals surface area contributed by atoms with Crippen LogP contribution in [0.5, 0.6) is 5.75 Å². The lowest BCUT2D eigenvalue weighted by molar-refractivity contribution is 0.276. The Kier molecular flexibility index (Phi) is 4.50. The van der Waals surface area contributed by atoms with Gasteiger partial charge in [0.15, 0.2) is 0 Å². The van der Waals surface area contributed by atoms with Gasteiger partial charge in [0, 0.05) is 42.7 Å². The number of hydrogen-bond acceptors (Lipinski definition) is 3. The normalized spacial score (nSPS) is 29.0. The summed E-state index contributed by atoms with van der Waals surface area (Å²) in [6, 6.07) is 14.8. The fourth-order valence-electron chi connectivity index (χ4n) is 5.13. The monoisotopic (exact) mass is 402 g/mol. The van der Waals surface area contributed by atoms with Crippen LogP contribution in [0.4, 0.5) is 5.69 Å². The third-order valence-corrected chi connectivity index (χ3v) is 7.42. The van der Waals surface area contributed by atoms with Crippen LogP contribution in [0.1, 0.15) is 18.4 Å². The zero-order chi connectivity index (χ0) is 18.4. The summed E-state index contributed by atoms with van der Waals surface area (Å²) in [6.45, 7) is 5.21. The molecule has 2 aromatic rings. The van der Waals surface area contributed by atoms with E-state index in [2.05, 4.69) is 34.5 Å². The number of halogens is 2. The van der Waals surface area contributed by atoms with E-state index in [0.29, 0.717) is 21.9 Å². The summed E-state index contributed by atoms with van der Waals surface area (Å²) in [6.07, 6.45) is 2.62. The number of hydrogen-bond donors (Lipinski definition) is 1. The maximum absolute atomic E-state index is 6.11. The molecule has 0 amide bonds. The number of anilines is 1. The predicted octanol–water partition coefficient (Wildman–Crippen LogP) is 4.76. The van der Waals surface area contributed by atoms with E-state index in [1.165, 1.54) is 37.2 Å². The van der Waals surface area contributed by atoms with Gasteiger partial charge in [-0.3, -0.25) is 0 Å². The maximum Gasteiger partial charge on any atom is 0.120 e. The number of ether oxygens (including phenoxy) is 1. The molecule has 2 aliphatic heterocycles. The zero-order valence-electron chi connectivity index (χ0n) is 15.3. The van der Waals surface area contributed by atoms with Crippen molar-refractivity contribution < 1.29 is 4.74 Å². The van der Waals surface area contributed by atoms with Crippen LogP contribution in [0.2, 0.25) is 10.0 Å². The van der Waals surface area contributed by atoms with Gasteiger partial charge in [0.25, 0.3) is 0 Å². The second-order valence-electron chi connectivity index (χ2n) is 8.01. The quantitative estimate of drug-likeness (QED) is 0.779. The molecule has 3 nitrogen and oxygen atoms in total. The molecular weight excluding hydrogens is 379 g/mol. The van der Waals surface area contributed by atoms with Crippen molar-refractivity contribution >= 4 is 28.9 Å². The van der Waals surface area contributed by atoms with Crippen LogP contribution >= 0.6 is 23.2 Å². The Morgan fingerprint density at radius 3 is 2.56 bits per heavy atom. The van der Waals surface area contributed by atoms with Crippen LogP contribution in [0.25, 0.3) is 0 Å². The van der Waals surface area contributed by atoms with Gasteiger partial charge in [-0.05, 0) is 55.1 Å². The van der Waals surface area contributed by atoms with Crippen LogP contribution in [0, 0.1) is 11.8 Å². The maximum atomic E-state index is 6.11. The fourth-order valence-corrected chi connectivity index (χ4v) is 5.42. The van der Waals surface area contributed by atoms with Crippen LogP contribution in [0.15, 0.2) is 42.5 Å². The van der Waals surface area contributed by atoms with Crippen molar-refractivity contribution in [2.45, 2.75) is 18.3 Å². The van der Waals surface area contributed by atoms with Crippen LogP contribution in [0.3, 0.4) is 0 Å². The first-order chi connectivity index (χ1) is 13.2. The van der Waals surface area contributed by atoms with Gasteiger partial charge in [-0.1, -0.05) is 35.3 Å². The molecule has 0 spiro atoms. The molecule has 1 N–H and O–H groups in total. The van der Waals surface area contributed by atoms with Gasteiger partial charge >= 0.3 is 0 Å². The van der Waals surface area contributed by atoms with Gasteiger partial charge < -0.3 is 15.0 Å². The van der Waals surface area contributed by atoms with Gasteiger partial charge in [-0.25, -0.2) is 0 Å². The van der Waals surface area contributed by atoms with Crippen molar-refractivity contribution in [3.8, 4) is 5.75 Å². The van der Waals surface area contributed by atoms with Crippen LogP contribution in [-0.2, 0) is 5.41 Å². The SMILES string of the molecule is Clc1ccc(OCC2C3CNCC32c2ccc(N3CCCC3)cc2)cc1Cl. The first-order valence-corrected chi connectivity index (χ1v) is 10.6. The molecule has 1 saturated carbocycles. The second-order valence-corrected chi connectivity index (χ2v) is 8.83. The van der Waals surface area contributed by atoms with Crippen molar-refractivity contribution in [1.82, 2.24) is 5.32 Å². The van der Waals surface area contributed by atoms with Crippen molar-refractivity contribution in [3.63, 3.8) is 0 Å². The highest BCUT2D eigenvalue weighted by Gasteiger charge is 2.67. The first kappa shape index (κ1) is 17.7.